The van der Waals surface area contributed by atoms with E-state index in [4.69, 9.17) is 4.74 Å². The molecule has 1 aromatic rings. The van der Waals surface area contributed by atoms with Gasteiger partial charge >= 0.3 is 18.1 Å². The topological polar surface area (TPSA) is 65.1 Å². The summed E-state index contributed by atoms with van der Waals surface area (Å²) in [4.78, 5) is 25.5. The van der Waals surface area contributed by atoms with E-state index >= 15 is 0 Å². The molecule has 142 valence electrons. The number of methoxy groups -OCH3 is 2. The zero-order valence-corrected chi connectivity index (χ0v) is 15.0. The molecule has 0 atom stereocenters. The second-order valence-electron chi connectivity index (χ2n) is 5.10. The van der Waals surface area contributed by atoms with E-state index in [0.29, 0.717) is 4.90 Å². The number of alkyl halides is 3. The summed E-state index contributed by atoms with van der Waals surface area (Å²) in [6.45, 7) is -0.634. The van der Waals surface area contributed by atoms with E-state index in [1.165, 1.54) is 12.1 Å². The molecule has 0 amide bonds. The van der Waals surface area contributed by atoms with Crippen molar-refractivity contribution in [2.24, 2.45) is 0 Å². The monoisotopic (exact) mass is 391 g/mol. The fourth-order valence-corrected chi connectivity index (χ4v) is 2.88. The first kappa shape index (κ1) is 20.1. The smallest absolute Gasteiger partial charge is 0.418 e. The van der Waals surface area contributed by atoms with Gasteiger partial charge < -0.3 is 19.1 Å². The number of nitrogens with zero attached hydrogens (tertiary/aromatic N) is 1. The molecule has 0 N–H and O–H groups in total. The Morgan fingerprint density at radius 2 is 1.85 bits per heavy atom. The molecular weight excluding hydrogens is 375 g/mol. The van der Waals surface area contributed by atoms with Gasteiger partial charge in [-0.15, -0.1) is 11.8 Å². The van der Waals surface area contributed by atoms with Crippen LogP contribution < -0.4 is 4.90 Å². The van der Waals surface area contributed by atoms with Crippen LogP contribution >= 0.6 is 11.8 Å². The first-order valence-corrected chi connectivity index (χ1v) is 8.47. The highest BCUT2D eigenvalue weighted by Crippen LogP contribution is 2.40. The van der Waals surface area contributed by atoms with Crippen LogP contribution in [0.4, 0.5) is 18.9 Å². The lowest BCUT2D eigenvalue weighted by Crippen LogP contribution is -2.39. The van der Waals surface area contributed by atoms with Gasteiger partial charge in [-0.05, 0) is 24.5 Å². The Kier molecular flexibility index (Phi) is 6.19. The van der Waals surface area contributed by atoms with E-state index in [1.807, 2.05) is 0 Å². The number of thioether (sulfide) groups is 1. The second-order valence-corrected chi connectivity index (χ2v) is 5.98. The van der Waals surface area contributed by atoms with Crippen LogP contribution in [0.1, 0.15) is 5.56 Å². The second kappa shape index (κ2) is 8.00. The van der Waals surface area contributed by atoms with Crippen LogP contribution in [-0.2, 0) is 30.0 Å². The fourth-order valence-electron chi connectivity index (χ4n) is 2.44. The van der Waals surface area contributed by atoms with Crippen LogP contribution in [0.25, 0.3) is 0 Å². The lowest BCUT2D eigenvalue weighted by atomic mass is 10.1. The molecule has 0 aliphatic carbocycles. The molecule has 1 aliphatic heterocycles. The highest BCUT2D eigenvalue weighted by Gasteiger charge is 2.39. The molecule has 0 fully saturated rings. The molecule has 1 aliphatic rings. The van der Waals surface area contributed by atoms with Crippen LogP contribution in [-0.4, -0.2) is 45.8 Å². The number of rotatable bonds is 4. The summed E-state index contributed by atoms with van der Waals surface area (Å²) < 4.78 is 55.1. The van der Waals surface area contributed by atoms with Gasteiger partial charge in [-0.2, -0.15) is 13.2 Å². The third-order valence-electron chi connectivity index (χ3n) is 3.63. The van der Waals surface area contributed by atoms with Crippen LogP contribution in [0.15, 0.2) is 34.4 Å². The number of halogens is 3. The predicted octanol–water partition coefficient (Wildman–Crippen LogP) is 2.82. The average molecular weight is 391 g/mol. The number of hydrogen-bond acceptors (Lipinski definition) is 7. The largest absolute Gasteiger partial charge is 0.466 e. The van der Waals surface area contributed by atoms with Crippen molar-refractivity contribution in [2.75, 3.05) is 38.7 Å². The van der Waals surface area contributed by atoms with E-state index in [-0.39, 0.29) is 30.3 Å². The molecule has 0 saturated heterocycles. The van der Waals surface area contributed by atoms with Gasteiger partial charge in [0, 0.05) is 4.90 Å². The summed E-state index contributed by atoms with van der Waals surface area (Å²) in [5, 5.41) is 0. The molecule has 6 nitrogen and oxygen atoms in total. The summed E-state index contributed by atoms with van der Waals surface area (Å²) in [6.07, 6.45) is -3.03. The number of hydrogen-bond donors (Lipinski definition) is 0. The molecule has 0 radical (unpaired) electrons. The van der Waals surface area contributed by atoms with Crippen molar-refractivity contribution in [2.45, 2.75) is 11.1 Å². The standard InChI is InChI=1S/C16H16F3NO5S/c1-23-14(21)10-7-25-8-20(13(10)15(22)24-2)12-5-4-9(26-3)6-11(12)16(17,18)19/h4-6H,7-8H2,1-3H3. The van der Waals surface area contributed by atoms with E-state index in [1.54, 1.807) is 6.26 Å². The predicted molar refractivity (Wildman–Crippen MR) is 87.6 cm³/mol. The van der Waals surface area contributed by atoms with Gasteiger partial charge in [0.2, 0.25) is 0 Å². The summed E-state index contributed by atoms with van der Waals surface area (Å²) in [7, 11) is 2.16. The molecule has 0 spiro atoms. The third kappa shape index (κ3) is 3.96. The molecule has 1 aromatic carbocycles. The number of anilines is 1. The van der Waals surface area contributed by atoms with E-state index in [9.17, 15) is 22.8 Å². The summed E-state index contributed by atoms with van der Waals surface area (Å²) in [5.41, 5.74) is -1.84. The van der Waals surface area contributed by atoms with Gasteiger partial charge in [-0.3, -0.25) is 0 Å². The van der Waals surface area contributed by atoms with Gasteiger partial charge in [0.25, 0.3) is 0 Å². The maximum Gasteiger partial charge on any atom is 0.418 e. The van der Waals surface area contributed by atoms with Gasteiger partial charge in [0.1, 0.15) is 12.4 Å². The van der Waals surface area contributed by atoms with Crippen molar-refractivity contribution in [3.63, 3.8) is 0 Å². The van der Waals surface area contributed by atoms with Crippen molar-refractivity contribution >= 4 is 29.4 Å². The first-order valence-electron chi connectivity index (χ1n) is 7.24. The van der Waals surface area contributed by atoms with Crippen molar-refractivity contribution in [3.8, 4) is 0 Å². The maximum atomic E-state index is 13.6. The fraction of sp³-hybridized carbons (Fsp3) is 0.375. The average Bonchev–Trinajstić information content (AvgIpc) is 2.64. The Hall–Kier alpha value is -2.20. The number of benzene rings is 1. The van der Waals surface area contributed by atoms with Crippen molar-refractivity contribution < 1.29 is 37.0 Å². The van der Waals surface area contributed by atoms with Gasteiger partial charge in [0.15, 0.2) is 0 Å². The molecule has 2 rings (SSSR count). The molecule has 0 unspecified atom stereocenters. The number of esters is 2. The van der Waals surface area contributed by atoms with Crippen molar-refractivity contribution in [1.82, 2.24) is 0 Å². The molecule has 0 bridgehead atoms. The Bertz CT molecular complexity index is 748. The van der Waals surface area contributed by atoms with Gasteiger partial charge in [0.05, 0.1) is 37.7 Å². The lowest BCUT2D eigenvalue weighted by Gasteiger charge is -2.33. The highest BCUT2D eigenvalue weighted by molar-refractivity contribution is 7.98. The molecular formula is C16H16F3NO5S. The van der Waals surface area contributed by atoms with Crippen LogP contribution in [0.3, 0.4) is 0 Å². The molecule has 0 aromatic heterocycles. The Balaban J connectivity index is 2.69. The number of carbonyl (C=O) groups excluding carboxylic acids is 2. The SMILES string of the molecule is COC(=O)C1=C(C(=O)OC)N(c2ccc(SC)cc2C(F)(F)F)COC1. The molecule has 26 heavy (non-hydrogen) atoms. The van der Waals surface area contributed by atoms with Crippen LogP contribution in [0.2, 0.25) is 0 Å². The maximum absolute atomic E-state index is 13.6. The van der Waals surface area contributed by atoms with Crippen molar-refractivity contribution in [3.05, 3.63) is 35.0 Å². The normalized spacial score (nSPS) is 15.1. The van der Waals surface area contributed by atoms with E-state index in [2.05, 4.69) is 9.47 Å². The molecule has 10 heteroatoms. The summed E-state index contributed by atoms with van der Waals surface area (Å²) >= 11 is 1.15. The Morgan fingerprint density at radius 1 is 1.19 bits per heavy atom. The minimum absolute atomic E-state index is 0.215. The molecule has 1 heterocycles. The van der Waals surface area contributed by atoms with Gasteiger partial charge in [-0.1, -0.05) is 0 Å². The first-order chi connectivity index (χ1) is 12.2. The zero-order valence-electron chi connectivity index (χ0n) is 14.2. The Morgan fingerprint density at radius 3 is 2.38 bits per heavy atom. The third-order valence-corrected chi connectivity index (χ3v) is 4.36. The van der Waals surface area contributed by atoms with Gasteiger partial charge in [-0.25, -0.2) is 9.59 Å². The summed E-state index contributed by atoms with van der Waals surface area (Å²) in [5.74, 6) is -1.85. The highest BCUT2D eigenvalue weighted by atomic mass is 32.2. The van der Waals surface area contributed by atoms with Crippen molar-refractivity contribution in [1.29, 1.82) is 0 Å². The minimum Gasteiger partial charge on any atom is -0.466 e. The molecule has 0 saturated carbocycles. The van der Waals surface area contributed by atoms with E-state index < -0.39 is 23.7 Å². The van der Waals surface area contributed by atoms with Crippen LogP contribution in [0, 0.1) is 0 Å². The Labute approximate surface area is 151 Å². The number of ether oxygens (including phenoxy) is 3. The number of carbonyl (C=O) groups is 2. The van der Waals surface area contributed by atoms with Crippen LogP contribution in [0.5, 0.6) is 0 Å². The quantitative estimate of drug-likeness (QED) is 0.578. The zero-order chi connectivity index (χ0) is 19.5. The summed E-state index contributed by atoms with van der Waals surface area (Å²) in [6, 6.07) is 3.68. The minimum atomic E-state index is -4.68. The lowest BCUT2D eigenvalue weighted by molar-refractivity contribution is -0.141. The van der Waals surface area contributed by atoms with E-state index in [0.717, 1.165) is 36.9 Å².